The van der Waals surface area contributed by atoms with E-state index in [1.807, 2.05) is 48.5 Å². The molecule has 0 radical (unpaired) electrons. The van der Waals surface area contributed by atoms with E-state index >= 15 is 0 Å². The highest BCUT2D eigenvalue weighted by molar-refractivity contribution is 8.00. The fourth-order valence-corrected chi connectivity index (χ4v) is 5.75. The lowest BCUT2D eigenvalue weighted by Crippen LogP contribution is -2.22. The van der Waals surface area contributed by atoms with Gasteiger partial charge in [-0.05, 0) is 74.9 Å². The van der Waals surface area contributed by atoms with Crippen molar-refractivity contribution in [3.05, 3.63) is 64.5 Å². The summed E-state index contributed by atoms with van der Waals surface area (Å²) >= 11 is 2.29. The Morgan fingerprint density at radius 1 is 1.07 bits per heavy atom. The monoisotopic (exact) mass is 576 g/mol. The van der Waals surface area contributed by atoms with Gasteiger partial charge in [-0.2, -0.15) is 5.26 Å². The van der Waals surface area contributed by atoms with Crippen molar-refractivity contribution in [1.29, 1.82) is 5.26 Å². The Balaban J connectivity index is 1.60. The minimum absolute atomic E-state index is 0.216. The molecule has 206 valence electrons. The number of hydrogen-bond donors (Lipinski definition) is 2. The zero-order valence-electron chi connectivity index (χ0n) is 22.7. The average Bonchev–Trinajstić information content (AvgIpc) is 3.53. The Morgan fingerprint density at radius 3 is 2.23 bits per heavy atom. The number of anilines is 1. The summed E-state index contributed by atoms with van der Waals surface area (Å²) in [5.74, 6) is 0.626. The fraction of sp³-hybridized carbons (Fsp3) is 0.241. The van der Waals surface area contributed by atoms with Crippen molar-refractivity contribution in [2.75, 3.05) is 26.1 Å². The van der Waals surface area contributed by atoms with E-state index in [0.717, 1.165) is 45.4 Å². The molecular formula is C29H28N4O5S2. The van der Waals surface area contributed by atoms with Crippen LogP contribution in [-0.2, 0) is 9.53 Å². The van der Waals surface area contributed by atoms with E-state index in [1.54, 1.807) is 35.0 Å². The molecule has 4 aromatic rings. The largest absolute Gasteiger partial charge is 0.497 e. The molecule has 0 aliphatic carbocycles. The van der Waals surface area contributed by atoms with Gasteiger partial charge in [0.15, 0.2) is 5.16 Å². The third kappa shape index (κ3) is 6.14. The van der Waals surface area contributed by atoms with Gasteiger partial charge in [-0.3, -0.25) is 4.79 Å². The summed E-state index contributed by atoms with van der Waals surface area (Å²) in [5.41, 5.74) is 4.04. The number of methoxy groups -OCH3 is 2. The predicted octanol–water partition coefficient (Wildman–Crippen LogP) is 6.30. The number of esters is 1. The Kier molecular flexibility index (Phi) is 9.14. The van der Waals surface area contributed by atoms with E-state index in [1.165, 1.54) is 11.8 Å². The van der Waals surface area contributed by atoms with Gasteiger partial charge in [-0.25, -0.2) is 9.78 Å². The van der Waals surface area contributed by atoms with Crippen molar-refractivity contribution in [2.24, 2.45) is 0 Å². The number of thioether (sulfide) groups is 1. The summed E-state index contributed by atoms with van der Waals surface area (Å²) in [5, 5.41) is 12.7. The molecule has 0 saturated heterocycles. The Labute approximate surface area is 240 Å². The minimum Gasteiger partial charge on any atom is -0.497 e. The highest BCUT2D eigenvalue weighted by atomic mass is 32.2. The van der Waals surface area contributed by atoms with Gasteiger partial charge >= 0.3 is 5.97 Å². The van der Waals surface area contributed by atoms with Crippen LogP contribution in [0.15, 0.2) is 53.7 Å². The number of carbonyl (C=O) groups excluding carboxylic acids is 2. The molecule has 11 heteroatoms. The second-order valence-corrected chi connectivity index (χ2v) is 10.9. The molecule has 2 heterocycles. The number of rotatable bonds is 10. The van der Waals surface area contributed by atoms with Crippen LogP contribution in [0.4, 0.5) is 5.00 Å². The van der Waals surface area contributed by atoms with Crippen LogP contribution < -0.4 is 14.8 Å². The van der Waals surface area contributed by atoms with Crippen LogP contribution in [-0.4, -0.2) is 47.9 Å². The van der Waals surface area contributed by atoms with Crippen LogP contribution in [0, 0.1) is 18.3 Å². The quantitative estimate of drug-likeness (QED) is 0.166. The molecule has 40 heavy (non-hydrogen) atoms. The SMILES string of the molecule is CCOC(=O)c1sc(NC(=O)C(C)Sc2nc(-c3ccc(OC)cc3)c(-c3ccc(OC)cc3)[nH]2)c(C#N)c1C. The van der Waals surface area contributed by atoms with E-state index in [4.69, 9.17) is 19.2 Å². The number of aromatic nitrogens is 2. The lowest BCUT2D eigenvalue weighted by Gasteiger charge is -2.09. The van der Waals surface area contributed by atoms with Gasteiger partial charge in [0.2, 0.25) is 5.91 Å². The van der Waals surface area contributed by atoms with Gasteiger partial charge in [0.05, 0.1) is 43.0 Å². The molecule has 1 unspecified atom stereocenters. The lowest BCUT2D eigenvalue weighted by molar-refractivity contribution is -0.115. The topological polar surface area (TPSA) is 126 Å². The van der Waals surface area contributed by atoms with Crippen LogP contribution >= 0.6 is 23.1 Å². The Morgan fingerprint density at radius 2 is 1.68 bits per heavy atom. The molecule has 0 aliphatic heterocycles. The highest BCUT2D eigenvalue weighted by Gasteiger charge is 2.25. The molecule has 0 spiro atoms. The number of amides is 1. The molecule has 0 fully saturated rings. The van der Waals surface area contributed by atoms with E-state index < -0.39 is 11.2 Å². The van der Waals surface area contributed by atoms with Crippen molar-refractivity contribution < 1.29 is 23.8 Å². The van der Waals surface area contributed by atoms with Gasteiger partial charge < -0.3 is 24.5 Å². The number of aromatic amines is 1. The van der Waals surface area contributed by atoms with Crippen molar-refractivity contribution in [3.8, 4) is 40.1 Å². The van der Waals surface area contributed by atoms with Gasteiger partial charge in [0.1, 0.15) is 27.4 Å². The first-order chi connectivity index (χ1) is 19.3. The molecule has 0 saturated carbocycles. The lowest BCUT2D eigenvalue weighted by atomic mass is 10.0. The number of H-pyrrole nitrogens is 1. The van der Waals surface area contributed by atoms with Crippen molar-refractivity contribution >= 4 is 40.0 Å². The van der Waals surface area contributed by atoms with Crippen molar-refractivity contribution in [3.63, 3.8) is 0 Å². The van der Waals surface area contributed by atoms with Crippen LogP contribution in [0.25, 0.3) is 22.5 Å². The third-order valence-electron chi connectivity index (χ3n) is 6.04. The van der Waals surface area contributed by atoms with E-state index in [0.29, 0.717) is 20.6 Å². The van der Waals surface area contributed by atoms with Crippen molar-refractivity contribution in [1.82, 2.24) is 9.97 Å². The zero-order chi connectivity index (χ0) is 28.8. The summed E-state index contributed by atoms with van der Waals surface area (Å²) in [6, 6.07) is 17.3. The number of nitrogens with one attached hydrogen (secondary N) is 2. The van der Waals surface area contributed by atoms with Crippen LogP contribution in [0.5, 0.6) is 11.5 Å². The molecule has 2 aromatic heterocycles. The Hall–Kier alpha value is -4.27. The van der Waals surface area contributed by atoms with E-state index in [-0.39, 0.29) is 18.1 Å². The molecule has 0 bridgehead atoms. The average molecular weight is 577 g/mol. The molecule has 9 nitrogen and oxygen atoms in total. The smallest absolute Gasteiger partial charge is 0.348 e. The number of benzene rings is 2. The number of carbonyl (C=O) groups is 2. The minimum atomic E-state index is -0.571. The maximum atomic E-state index is 13.2. The van der Waals surface area contributed by atoms with Crippen LogP contribution in [0.3, 0.4) is 0 Å². The molecular weight excluding hydrogens is 548 g/mol. The summed E-state index contributed by atoms with van der Waals surface area (Å²) in [6.45, 7) is 5.34. The van der Waals surface area contributed by atoms with Crippen molar-refractivity contribution in [2.45, 2.75) is 31.2 Å². The molecule has 2 N–H and O–H groups in total. The number of nitrogens with zero attached hydrogens (tertiary/aromatic N) is 2. The zero-order valence-corrected chi connectivity index (χ0v) is 24.3. The van der Waals surface area contributed by atoms with Crippen LogP contribution in [0.1, 0.15) is 34.6 Å². The second kappa shape index (κ2) is 12.7. The fourth-order valence-electron chi connectivity index (χ4n) is 3.89. The number of hydrogen-bond acceptors (Lipinski definition) is 9. The second-order valence-electron chi connectivity index (χ2n) is 8.56. The summed E-state index contributed by atoms with van der Waals surface area (Å²) in [4.78, 5) is 33.9. The Bertz CT molecular complexity index is 1490. The number of ether oxygens (including phenoxy) is 3. The van der Waals surface area contributed by atoms with Gasteiger partial charge in [-0.1, -0.05) is 11.8 Å². The molecule has 1 amide bonds. The number of nitriles is 1. The summed E-state index contributed by atoms with van der Waals surface area (Å²) < 4.78 is 15.7. The van der Waals surface area contributed by atoms with Crippen LogP contribution in [0.2, 0.25) is 0 Å². The van der Waals surface area contributed by atoms with E-state index in [9.17, 15) is 14.9 Å². The highest BCUT2D eigenvalue weighted by Crippen LogP contribution is 2.37. The standard InChI is InChI=1S/C29H28N4O5S2/c1-6-38-28(35)25-16(2)22(15-30)27(40-25)33-26(34)17(3)39-29-31-23(18-7-11-20(36-4)12-8-18)24(32-29)19-9-13-21(37-5)14-10-19/h7-14,17H,6H2,1-5H3,(H,31,32)(H,33,34). The first kappa shape index (κ1) is 28.7. The van der Waals surface area contributed by atoms with E-state index in [2.05, 4.69) is 16.4 Å². The molecule has 4 rings (SSSR count). The molecule has 1 atom stereocenters. The molecule has 2 aromatic carbocycles. The summed E-state index contributed by atoms with van der Waals surface area (Å²) in [6.07, 6.45) is 0. The third-order valence-corrected chi connectivity index (χ3v) is 8.21. The maximum absolute atomic E-state index is 13.2. The number of imidazole rings is 1. The normalized spacial score (nSPS) is 11.4. The summed E-state index contributed by atoms with van der Waals surface area (Å²) in [7, 11) is 3.23. The van der Waals surface area contributed by atoms with Gasteiger partial charge in [0, 0.05) is 11.1 Å². The first-order valence-corrected chi connectivity index (χ1v) is 14.1. The predicted molar refractivity (Wildman–Crippen MR) is 156 cm³/mol. The van der Waals surface area contributed by atoms with Gasteiger partial charge in [0.25, 0.3) is 0 Å². The maximum Gasteiger partial charge on any atom is 0.348 e. The number of thiophene rings is 1. The molecule has 0 aliphatic rings. The van der Waals surface area contributed by atoms with Gasteiger partial charge in [-0.15, -0.1) is 11.3 Å². The first-order valence-electron chi connectivity index (χ1n) is 12.4.